The number of ether oxygens (including phenoxy) is 2. The minimum atomic E-state index is 0.673. The third-order valence-corrected chi connectivity index (χ3v) is 2.83. The van der Waals surface area contributed by atoms with E-state index in [2.05, 4.69) is 19.2 Å². The highest BCUT2D eigenvalue weighted by Gasteiger charge is 2.06. The molecule has 1 aromatic rings. The molecule has 0 aliphatic carbocycles. The van der Waals surface area contributed by atoms with E-state index in [-0.39, 0.29) is 0 Å². The van der Waals surface area contributed by atoms with E-state index in [1.54, 1.807) is 14.2 Å². The molecule has 1 aromatic carbocycles. The monoisotopic (exact) mass is 237 g/mol. The Hall–Kier alpha value is -1.38. The van der Waals surface area contributed by atoms with Gasteiger partial charge in [-0.3, -0.25) is 0 Å². The molecule has 3 heteroatoms. The SMILES string of the molecule is CCCC(C)CNc1ccc(OC)cc1OC. The second-order valence-corrected chi connectivity index (χ2v) is 4.34. The summed E-state index contributed by atoms with van der Waals surface area (Å²) >= 11 is 0. The van der Waals surface area contributed by atoms with Gasteiger partial charge < -0.3 is 14.8 Å². The summed E-state index contributed by atoms with van der Waals surface area (Å²) in [5.74, 6) is 2.31. The summed E-state index contributed by atoms with van der Waals surface area (Å²) in [5, 5.41) is 3.42. The van der Waals surface area contributed by atoms with Crippen molar-refractivity contribution >= 4 is 5.69 Å². The summed E-state index contributed by atoms with van der Waals surface area (Å²) in [6.07, 6.45) is 2.47. The maximum absolute atomic E-state index is 5.34. The van der Waals surface area contributed by atoms with Crippen molar-refractivity contribution in [1.82, 2.24) is 0 Å². The summed E-state index contributed by atoms with van der Waals surface area (Å²) in [4.78, 5) is 0. The fraction of sp³-hybridized carbons (Fsp3) is 0.571. The summed E-state index contributed by atoms with van der Waals surface area (Å²) < 4.78 is 10.5. The lowest BCUT2D eigenvalue weighted by Crippen LogP contribution is -2.11. The summed E-state index contributed by atoms with van der Waals surface area (Å²) in [6, 6.07) is 5.83. The highest BCUT2D eigenvalue weighted by molar-refractivity contribution is 5.59. The summed E-state index contributed by atoms with van der Waals surface area (Å²) in [5.41, 5.74) is 1.02. The van der Waals surface area contributed by atoms with Crippen LogP contribution in [0.1, 0.15) is 26.7 Å². The first-order valence-electron chi connectivity index (χ1n) is 6.17. The van der Waals surface area contributed by atoms with Gasteiger partial charge >= 0.3 is 0 Å². The standard InChI is InChI=1S/C14H23NO2/c1-5-6-11(2)10-15-13-8-7-12(16-3)9-14(13)17-4/h7-9,11,15H,5-6,10H2,1-4H3. The lowest BCUT2D eigenvalue weighted by Gasteiger charge is -2.15. The minimum Gasteiger partial charge on any atom is -0.497 e. The molecule has 96 valence electrons. The molecule has 0 heterocycles. The van der Waals surface area contributed by atoms with Crippen LogP contribution in [0.3, 0.4) is 0 Å². The van der Waals surface area contributed by atoms with Gasteiger partial charge in [-0.1, -0.05) is 20.3 Å². The third-order valence-electron chi connectivity index (χ3n) is 2.83. The molecular weight excluding hydrogens is 214 g/mol. The van der Waals surface area contributed by atoms with E-state index >= 15 is 0 Å². The largest absolute Gasteiger partial charge is 0.497 e. The molecule has 0 aliphatic rings. The van der Waals surface area contributed by atoms with E-state index in [1.165, 1.54) is 12.8 Å². The highest BCUT2D eigenvalue weighted by Crippen LogP contribution is 2.29. The van der Waals surface area contributed by atoms with Gasteiger partial charge in [-0.15, -0.1) is 0 Å². The number of rotatable bonds is 7. The Morgan fingerprint density at radius 3 is 2.59 bits per heavy atom. The highest BCUT2D eigenvalue weighted by atomic mass is 16.5. The molecule has 0 radical (unpaired) electrons. The van der Waals surface area contributed by atoms with Gasteiger partial charge in [0.25, 0.3) is 0 Å². The van der Waals surface area contributed by atoms with Crippen LogP contribution < -0.4 is 14.8 Å². The van der Waals surface area contributed by atoms with E-state index < -0.39 is 0 Å². The molecule has 1 atom stereocenters. The summed E-state index contributed by atoms with van der Waals surface area (Å²) in [6.45, 7) is 5.44. The lowest BCUT2D eigenvalue weighted by atomic mass is 10.1. The fourth-order valence-electron chi connectivity index (χ4n) is 1.82. The molecule has 1 rings (SSSR count). The molecule has 0 saturated carbocycles. The molecule has 3 nitrogen and oxygen atoms in total. The Morgan fingerprint density at radius 1 is 1.24 bits per heavy atom. The number of benzene rings is 1. The van der Waals surface area contributed by atoms with Gasteiger partial charge in [0.15, 0.2) is 0 Å². The van der Waals surface area contributed by atoms with E-state index in [9.17, 15) is 0 Å². The molecule has 0 spiro atoms. The van der Waals surface area contributed by atoms with Gasteiger partial charge in [0.05, 0.1) is 19.9 Å². The van der Waals surface area contributed by atoms with Gasteiger partial charge in [-0.2, -0.15) is 0 Å². The number of hydrogen-bond acceptors (Lipinski definition) is 3. The maximum atomic E-state index is 5.34. The van der Waals surface area contributed by atoms with Crippen molar-refractivity contribution in [2.75, 3.05) is 26.1 Å². The van der Waals surface area contributed by atoms with E-state index in [1.807, 2.05) is 18.2 Å². The molecule has 1 N–H and O–H groups in total. The topological polar surface area (TPSA) is 30.5 Å². The fourth-order valence-corrected chi connectivity index (χ4v) is 1.82. The van der Waals surface area contributed by atoms with E-state index in [0.717, 1.165) is 23.7 Å². The van der Waals surface area contributed by atoms with E-state index in [0.29, 0.717) is 5.92 Å². The summed E-state index contributed by atoms with van der Waals surface area (Å²) in [7, 11) is 3.33. The molecule has 0 fully saturated rings. The maximum Gasteiger partial charge on any atom is 0.145 e. The zero-order valence-electron chi connectivity index (χ0n) is 11.2. The zero-order chi connectivity index (χ0) is 12.7. The smallest absolute Gasteiger partial charge is 0.145 e. The first-order chi connectivity index (χ1) is 8.21. The van der Waals surface area contributed by atoms with Gasteiger partial charge in [-0.25, -0.2) is 0 Å². The lowest BCUT2D eigenvalue weighted by molar-refractivity contribution is 0.395. The zero-order valence-corrected chi connectivity index (χ0v) is 11.2. The van der Waals surface area contributed by atoms with Crippen molar-refractivity contribution in [3.05, 3.63) is 18.2 Å². The van der Waals surface area contributed by atoms with Crippen LogP contribution in [0.4, 0.5) is 5.69 Å². The molecule has 0 saturated heterocycles. The first-order valence-corrected chi connectivity index (χ1v) is 6.17. The average molecular weight is 237 g/mol. The van der Waals surface area contributed by atoms with E-state index in [4.69, 9.17) is 9.47 Å². The Labute approximate surface area is 104 Å². The molecular formula is C14H23NO2. The number of nitrogens with one attached hydrogen (secondary N) is 1. The Bertz CT molecular complexity index is 339. The van der Waals surface area contributed by atoms with Crippen LogP contribution in [0.5, 0.6) is 11.5 Å². The van der Waals surface area contributed by atoms with Crippen molar-refractivity contribution < 1.29 is 9.47 Å². The molecule has 0 bridgehead atoms. The quantitative estimate of drug-likeness (QED) is 0.786. The van der Waals surface area contributed by atoms with Crippen molar-refractivity contribution in [3.8, 4) is 11.5 Å². The van der Waals surface area contributed by atoms with Crippen molar-refractivity contribution in [2.24, 2.45) is 5.92 Å². The second kappa shape index (κ2) is 7.05. The van der Waals surface area contributed by atoms with Gasteiger partial charge in [0.1, 0.15) is 11.5 Å². The van der Waals surface area contributed by atoms with Crippen LogP contribution in [0.15, 0.2) is 18.2 Å². The van der Waals surface area contributed by atoms with Crippen LogP contribution in [0.2, 0.25) is 0 Å². The van der Waals surface area contributed by atoms with Crippen LogP contribution >= 0.6 is 0 Å². The Kier molecular flexibility index (Phi) is 5.67. The van der Waals surface area contributed by atoms with Gasteiger partial charge in [-0.05, 0) is 24.5 Å². The molecule has 1 unspecified atom stereocenters. The number of anilines is 1. The van der Waals surface area contributed by atoms with Crippen LogP contribution in [0, 0.1) is 5.92 Å². The Balaban J connectivity index is 2.63. The molecule has 0 amide bonds. The van der Waals surface area contributed by atoms with Gasteiger partial charge in [0.2, 0.25) is 0 Å². The van der Waals surface area contributed by atoms with Gasteiger partial charge in [0, 0.05) is 12.6 Å². The minimum absolute atomic E-state index is 0.673. The van der Waals surface area contributed by atoms with Crippen LogP contribution in [-0.2, 0) is 0 Å². The predicted molar refractivity (Wildman–Crippen MR) is 72.1 cm³/mol. The number of methoxy groups -OCH3 is 2. The molecule has 17 heavy (non-hydrogen) atoms. The van der Waals surface area contributed by atoms with Crippen molar-refractivity contribution in [3.63, 3.8) is 0 Å². The molecule has 0 aliphatic heterocycles. The average Bonchev–Trinajstić information content (AvgIpc) is 2.36. The first kappa shape index (κ1) is 13.7. The van der Waals surface area contributed by atoms with Crippen LogP contribution in [0.25, 0.3) is 0 Å². The van der Waals surface area contributed by atoms with Crippen molar-refractivity contribution in [2.45, 2.75) is 26.7 Å². The second-order valence-electron chi connectivity index (χ2n) is 4.34. The van der Waals surface area contributed by atoms with Crippen LogP contribution in [-0.4, -0.2) is 20.8 Å². The number of hydrogen-bond donors (Lipinski definition) is 1. The Morgan fingerprint density at radius 2 is 2.00 bits per heavy atom. The predicted octanol–water partition coefficient (Wildman–Crippen LogP) is 3.55. The van der Waals surface area contributed by atoms with Crippen molar-refractivity contribution in [1.29, 1.82) is 0 Å². The molecule has 0 aromatic heterocycles. The third kappa shape index (κ3) is 4.17. The normalized spacial score (nSPS) is 12.0.